The first-order valence-corrected chi connectivity index (χ1v) is 5.66. The van der Waals surface area contributed by atoms with E-state index in [1.807, 2.05) is 25.8 Å². The highest BCUT2D eigenvalue weighted by molar-refractivity contribution is 5.76. The Labute approximate surface area is 91.9 Å². The molecule has 0 spiro atoms. The number of nitrogens with zero attached hydrogens (tertiary/aromatic N) is 1. The fourth-order valence-electron chi connectivity index (χ4n) is 1.50. The van der Waals surface area contributed by atoms with E-state index in [0.717, 1.165) is 13.1 Å². The van der Waals surface area contributed by atoms with E-state index in [0.29, 0.717) is 0 Å². The van der Waals surface area contributed by atoms with Gasteiger partial charge in [-0.2, -0.15) is 0 Å². The molecular formula is C11H22N2O2. The number of hydrazine groups is 1. The minimum atomic E-state index is -0.251. The highest BCUT2D eigenvalue weighted by Crippen LogP contribution is 2.07. The van der Waals surface area contributed by atoms with E-state index in [-0.39, 0.29) is 18.1 Å². The van der Waals surface area contributed by atoms with Crippen molar-refractivity contribution in [2.75, 3.05) is 19.7 Å². The molecule has 0 aromatic rings. The molecule has 1 heterocycles. The van der Waals surface area contributed by atoms with E-state index < -0.39 is 0 Å². The average Bonchev–Trinajstić information content (AvgIpc) is 2.15. The largest absolute Gasteiger partial charge is 0.366 e. The molecule has 1 N–H and O–H groups in total. The zero-order valence-electron chi connectivity index (χ0n) is 10.0. The number of ether oxygens (including phenoxy) is 1. The molecule has 0 bridgehead atoms. The molecule has 1 amide bonds. The summed E-state index contributed by atoms with van der Waals surface area (Å²) in [6, 6.07) is 0. The molecule has 1 fully saturated rings. The standard InChI is InChI=1S/C11H22N2O2/c1-11(2,3)15-9-10(14)12-13-7-5-4-6-8-13/h4-9H2,1-3H3,(H,12,14). The third-order valence-electron chi connectivity index (χ3n) is 2.28. The summed E-state index contributed by atoms with van der Waals surface area (Å²) in [4.78, 5) is 11.5. The van der Waals surface area contributed by atoms with Gasteiger partial charge in [0.05, 0.1) is 5.60 Å². The summed E-state index contributed by atoms with van der Waals surface area (Å²) in [5.41, 5.74) is 2.61. The van der Waals surface area contributed by atoms with Gasteiger partial charge in [-0.1, -0.05) is 6.42 Å². The maximum Gasteiger partial charge on any atom is 0.260 e. The second kappa shape index (κ2) is 5.47. The summed E-state index contributed by atoms with van der Waals surface area (Å²) >= 11 is 0. The van der Waals surface area contributed by atoms with Crippen molar-refractivity contribution in [2.45, 2.75) is 45.6 Å². The minimum absolute atomic E-state index is 0.0492. The molecule has 0 radical (unpaired) electrons. The van der Waals surface area contributed by atoms with Gasteiger partial charge in [-0.3, -0.25) is 10.2 Å². The summed E-state index contributed by atoms with van der Waals surface area (Å²) in [6.45, 7) is 7.89. The summed E-state index contributed by atoms with van der Waals surface area (Å²) in [6.07, 6.45) is 3.60. The van der Waals surface area contributed by atoms with Crippen molar-refractivity contribution in [2.24, 2.45) is 0 Å². The van der Waals surface area contributed by atoms with Crippen LogP contribution in [0.15, 0.2) is 0 Å². The van der Waals surface area contributed by atoms with Gasteiger partial charge in [0, 0.05) is 13.1 Å². The number of hydrogen-bond donors (Lipinski definition) is 1. The van der Waals surface area contributed by atoms with Crippen LogP contribution in [-0.4, -0.2) is 36.2 Å². The summed E-state index contributed by atoms with van der Waals surface area (Å²) in [7, 11) is 0. The van der Waals surface area contributed by atoms with E-state index in [1.54, 1.807) is 0 Å². The van der Waals surface area contributed by atoms with Gasteiger partial charge in [0.15, 0.2) is 0 Å². The topological polar surface area (TPSA) is 41.6 Å². The lowest BCUT2D eigenvalue weighted by Crippen LogP contribution is -2.47. The molecule has 4 heteroatoms. The van der Waals surface area contributed by atoms with Crippen LogP contribution in [-0.2, 0) is 9.53 Å². The average molecular weight is 214 g/mol. The highest BCUT2D eigenvalue weighted by Gasteiger charge is 2.16. The molecule has 0 saturated carbocycles. The normalized spacial score (nSPS) is 18.9. The monoisotopic (exact) mass is 214 g/mol. The predicted octanol–water partition coefficient (Wildman–Crippen LogP) is 1.32. The minimum Gasteiger partial charge on any atom is -0.366 e. The van der Waals surface area contributed by atoms with E-state index in [2.05, 4.69) is 5.43 Å². The zero-order valence-corrected chi connectivity index (χ0v) is 10.0. The Morgan fingerprint density at radius 3 is 2.40 bits per heavy atom. The number of hydrogen-bond acceptors (Lipinski definition) is 3. The van der Waals surface area contributed by atoms with Crippen LogP contribution < -0.4 is 5.43 Å². The van der Waals surface area contributed by atoms with E-state index in [9.17, 15) is 4.79 Å². The molecule has 0 aromatic carbocycles. The van der Waals surface area contributed by atoms with Crippen LogP contribution in [0.4, 0.5) is 0 Å². The molecule has 1 saturated heterocycles. The van der Waals surface area contributed by atoms with Gasteiger partial charge in [0.25, 0.3) is 5.91 Å². The smallest absolute Gasteiger partial charge is 0.260 e. The Bertz CT molecular complexity index is 205. The Hall–Kier alpha value is -0.610. The number of carbonyl (C=O) groups is 1. The molecule has 4 nitrogen and oxygen atoms in total. The van der Waals surface area contributed by atoms with Crippen molar-refractivity contribution in [1.29, 1.82) is 0 Å². The van der Waals surface area contributed by atoms with E-state index in [4.69, 9.17) is 4.74 Å². The molecular weight excluding hydrogens is 192 g/mol. The molecule has 15 heavy (non-hydrogen) atoms. The predicted molar refractivity (Wildman–Crippen MR) is 59.3 cm³/mol. The Morgan fingerprint density at radius 1 is 1.27 bits per heavy atom. The number of piperidine rings is 1. The lowest BCUT2D eigenvalue weighted by atomic mass is 10.2. The van der Waals surface area contributed by atoms with Gasteiger partial charge in [0.1, 0.15) is 6.61 Å². The van der Waals surface area contributed by atoms with Crippen LogP contribution in [0.25, 0.3) is 0 Å². The molecule has 0 unspecified atom stereocenters. The zero-order chi connectivity index (χ0) is 11.3. The van der Waals surface area contributed by atoms with Crippen LogP contribution in [0.1, 0.15) is 40.0 Å². The van der Waals surface area contributed by atoms with Crippen molar-refractivity contribution < 1.29 is 9.53 Å². The van der Waals surface area contributed by atoms with Crippen LogP contribution in [0.2, 0.25) is 0 Å². The summed E-state index contributed by atoms with van der Waals surface area (Å²) in [5, 5.41) is 1.98. The third-order valence-corrected chi connectivity index (χ3v) is 2.28. The molecule has 88 valence electrons. The van der Waals surface area contributed by atoms with Gasteiger partial charge in [0.2, 0.25) is 0 Å². The Kier molecular flexibility index (Phi) is 4.54. The molecule has 1 aliphatic heterocycles. The van der Waals surface area contributed by atoms with Crippen LogP contribution in [0.5, 0.6) is 0 Å². The molecule has 0 aliphatic carbocycles. The first-order valence-electron chi connectivity index (χ1n) is 5.66. The quantitative estimate of drug-likeness (QED) is 0.770. The fourth-order valence-corrected chi connectivity index (χ4v) is 1.50. The van der Waals surface area contributed by atoms with Gasteiger partial charge < -0.3 is 4.74 Å². The number of carbonyl (C=O) groups excluding carboxylic acids is 1. The van der Waals surface area contributed by atoms with Crippen molar-refractivity contribution >= 4 is 5.91 Å². The molecule has 1 rings (SSSR count). The van der Waals surface area contributed by atoms with Gasteiger partial charge in [-0.25, -0.2) is 5.01 Å². The number of nitrogens with one attached hydrogen (secondary N) is 1. The maximum absolute atomic E-state index is 11.5. The first kappa shape index (κ1) is 12.5. The SMILES string of the molecule is CC(C)(C)OCC(=O)NN1CCCCC1. The Morgan fingerprint density at radius 2 is 1.87 bits per heavy atom. The molecule has 0 aromatic heterocycles. The second-order valence-corrected chi connectivity index (χ2v) is 4.98. The highest BCUT2D eigenvalue weighted by atomic mass is 16.5. The van der Waals surface area contributed by atoms with Crippen LogP contribution in [0, 0.1) is 0 Å². The summed E-state index contributed by atoms with van der Waals surface area (Å²) in [5.74, 6) is -0.0492. The molecule has 0 atom stereocenters. The molecule has 1 aliphatic rings. The second-order valence-electron chi connectivity index (χ2n) is 4.98. The van der Waals surface area contributed by atoms with Gasteiger partial charge in [-0.15, -0.1) is 0 Å². The van der Waals surface area contributed by atoms with Crippen molar-refractivity contribution in [3.05, 3.63) is 0 Å². The summed E-state index contributed by atoms with van der Waals surface area (Å²) < 4.78 is 5.39. The van der Waals surface area contributed by atoms with Crippen LogP contribution in [0.3, 0.4) is 0 Å². The third kappa shape index (κ3) is 5.74. The number of rotatable bonds is 3. The van der Waals surface area contributed by atoms with Gasteiger partial charge in [-0.05, 0) is 33.6 Å². The van der Waals surface area contributed by atoms with Gasteiger partial charge >= 0.3 is 0 Å². The maximum atomic E-state index is 11.5. The van der Waals surface area contributed by atoms with Crippen molar-refractivity contribution in [1.82, 2.24) is 10.4 Å². The van der Waals surface area contributed by atoms with Crippen molar-refractivity contribution in [3.8, 4) is 0 Å². The lowest BCUT2D eigenvalue weighted by molar-refractivity contribution is -0.135. The van der Waals surface area contributed by atoms with E-state index in [1.165, 1.54) is 19.3 Å². The van der Waals surface area contributed by atoms with E-state index >= 15 is 0 Å². The lowest BCUT2D eigenvalue weighted by Gasteiger charge is -2.27. The first-order chi connectivity index (χ1) is 6.97. The fraction of sp³-hybridized carbons (Fsp3) is 0.909. The van der Waals surface area contributed by atoms with Crippen molar-refractivity contribution in [3.63, 3.8) is 0 Å². The van der Waals surface area contributed by atoms with Crippen LogP contribution >= 0.6 is 0 Å². The Balaban J connectivity index is 2.17. The number of amides is 1.